The van der Waals surface area contributed by atoms with Crippen LogP contribution in [-0.4, -0.2) is 29.7 Å². The van der Waals surface area contributed by atoms with Crippen LogP contribution in [0.5, 0.6) is 0 Å². The lowest BCUT2D eigenvalue weighted by molar-refractivity contribution is -0.143. The first-order valence-electron chi connectivity index (χ1n) is 5.40. The molecule has 14 heavy (non-hydrogen) atoms. The van der Waals surface area contributed by atoms with Crippen LogP contribution >= 0.6 is 0 Å². The summed E-state index contributed by atoms with van der Waals surface area (Å²) in [7, 11) is 0. The molecular formula is C10H18N2O2. The smallest absolute Gasteiger partial charge is 0.307 e. The molecule has 4 unspecified atom stereocenters. The predicted octanol–water partition coefficient (Wildman–Crippen LogP) is 0.176. The molecule has 4 N–H and O–H groups in total. The Bertz CT molecular complexity index is 232. The minimum Gasteiger partial charge on any atom is -0.481 e. The summed E-state index contributed by atoms with van der Waals surface area (Å²) >= 11 is 0. The standard InChI is InChI=1S/C10H18N2O2/c11-8-2-1-3-9-7(8)4-6(5-12-9)10(13)14/h6-9,12H,1-5,11H2,(H,13,14). The molecule has 2 aliphatic rings. The fourth-order valence-electron chi connectivity index (χ4n) is 2.79. The van der Waals surface area contributed by atoms with Gasteiger partial charge in [0, 0.05) is 18.6 Å². The summed E-state index contributed by atoms with van der Waals surface area (Å²) in [5, 5.41) is 12.3. The van der Waals surface area contributed by atoms with Crippen LogP contribution in [-0.2, 0) is 4.79 Å². The minimum absolute atomic E-state index is 0.198. The second-order valence-electron chi connectivity index (χ2n) is 4.54. The molecule has 0 bridgehead atoms. The van der Waals surface area contributed by atoms with Gasteiger partial charge in [-0.3, -0.25) is 4.79 Å². The van der Waals surface area contributed by atoms with E-state index in [2.05, 4.69) is 5.32 Å². The van der Waals surface area contributed by atoms with E-state index in [1.165, 1.54) is 6.42 Å². The molecule has 2 rings (SSSR count). The van der Waals surface area contributed by atoms with Gasteiger partial charge >= 0.3 is 5.97 Å². The topological polar surface area (TPSA) is 75.3 Å². The Labute approximate surface area is 83.9 Å². The zero-order valence-electron chi connectivity index (χ0n) is 8.28. The number of hydrogen-bond donors (Lipinski definition) is 3. The van der Waals surface area contributed by atoms with Gasteiger partial charge in [-0.05, 0) is 25.2 Å². The number of carboxylic acids is 1. The van der Waals surface area contributed by atoms with Crippen LogP contribution in [0.4, 0.5) is 0 Å². The van der Waals surface area contributed by atoms with E-state index in [9.17, 15) is 4.79 Å². The van der Waals surface area contributed by atoms with Crippen LogP contribution in [0, 0.1) is 11.8 Å². The van der Waals surface area contributed by atoms with E-state index in [-0.39, 0.29) is 12.0 Å². The molecule has 0 spiro atoms. The van der Waals surface area contributed by atoms with Gasteiger partial charge in [0.2, 0.25) is 0 Å². The van der Waals surface area contributed by atoms with Crippen LogP contribution in [0.1, 0.15) is 25.7 Å². The maximum atomic E-state index is 10.9. The molecule has 0 amide bonds. The molecule has 1 aliphatic carbocycles. The van der Waals surface area contributed by atoms with Crippen LogP contribution in [0.25, 0.3) is 0 Å². The van der Waals surface area contributed by atoms with Crippen molar-refractivity contribution in [3.63, 3.8) is 0 Å². The zero-order chi connectivity index (χ0) is 10.1. The van der Waals surface area contributed by atoms with Crippen molar-refractivity contribution in [3.05, 3.63) is 0 Å². The highest BCUT2D eigenvalue weighted by Gasteiger charge is 2.38. The summed E-state index contributed by atoms with van der Waals surface area (Å²) in [6, 6.07) is 0.665. The summed E-state index contributed by atoms with van der Waals surface area (Å²) in [6.07, 6.45) is 4.14. The molecule has 0 aromatic heterocycles. The Morgan fingerprint density at radius 2 is 2.21 bits per heavy atom. The number of nitrogens with one attached hydrogen (secondary N) is 1. The summed E-state index contributed by atoms with van der Waals surface area (Å²) in [4.78, 5) is 10.9. The molecule has 2 fully saturated rings. The van der Waals surface area contributed by atoms with Crippen molar-refractivity contribution in [2.75, 3.05) is 6.54 Å². The monoisotopic (exact) mass is 198 g/mol. The van der Waals surface area contributed by atoms with Gasteiger partial charge in [-0.1, -0.05) is 6.42 Å². The molecule has 1 heterocycles. The van der Waals surface area contributed by atoms with Gasteiger partial charge in [-0.25, -0.2) is 0 Å². The average molecular weight is 198 g/mol. The van der Waals surface area contributed by atoms with E-state index in [1.54, 1.807) is 0 Å². The fraction of sp³-hybridized carbons (Fsp3) is 0.900. The van der Waals surface area contributed by atoms with Gasteiger partial charge in [-0.15, -0.1) is 0 Å². The van der Waals surface area contributed by atoms with Gasteiger partial charge in [0.05, 0.1) is 5.92 Å². The number of rotatable bonds is 1. The first-order chi connectivity index (χ1) is 6.68. The number of aliphatic carboxylic acids is 1. The van der Waals surface area contributed by atoms with Crippen LogP contribution in [0.15, 0.2) is 0 Å². The van der Waals surface area contributed by atoms with Gasteiger partial charge in [-0.2, -0.15) is 0 Å². The second-order valence-corrected chi connectivity index (χ2v) is 4.54. The molecule has 0 aromatic rings. The highest BCUT2D eigenvalue weighted by molar-refractivity contribution is 5.70. The molecule has 80 valence electrons. The molecule has 0 radical (unpaired) electrons. The highest BCUT2D eigenvalue weighted by atomic mass is 16.4. The van der Waals surface area contributed by atoms with E-state index >= 15 is 0 Å². The van der Waals surface area contributed by atoms with E-state index in [0.29, 0.717) is 18.5 Å². The largest absolute Gasteiger partial charge is 0.481 e. The number of nitrogens with two attached hydrogens (primary N) is 1. The van der Waals surface area contributed by atoms with Gasteiger partial charge in [0.25, 0.3) is 0 Å². The van der Waals surface area contributed by atoms with Crippen LogP contribution in [0.3, 0.4) is 0 Å². The number of hydrogen-bond acceptors (Lipinski definition) is 3. The third-order valence-corrected chi connectivity index (χ3v) is 3.65. The summed E-state index contributed by atoms with van der Waals surface area (Å²) in [6.45, 7) is 0.614. The van der Waals surface area contributed by atoms with Gasteiger partial charge in [0.1, 0.15) is 0 Å². The highest BCUT2D eigenvalue weighted by Crippen LogP contribution is 2.32. The molecule has 4 nitrogen and oxygen atoms in total. The molecule has 4 heteroatoms. The normalized spacial score (nSPS) is 42.9. The molecule has 1 saturated heterocycles. The third kappa shape index (κ3) is 1.77. The first-order valence-corrected chi connectivity index (χ1v) is 5.40. The van der Waals surface area contributed by atoms with Crippen molar-refractivity contribution in [1.29, 1.82) is 0 Å². The predicted molar refractivity (Wildman–Crippen MR) is 52.8 cm³/mol. The van der Waals surface area contributed by atoms with Crippen LogP contribution in [0.2, 0.25) is 0 Å². The van der Waals surface area contributed by atoms with Crippen molar-refractivity contribution in [3.8, 4) is 0 Å². The van der Waals surface area contributed by atoms with E-state index < -0.39 is 5.97 Å². The van der Waals surface area contributed by atoms with E-state index in [4.69, 9.17) is 10.8 Å². The molecular weight excluding hydrogens is 180 g/mol. The second kappa shape index (κ2) is 3.87. The maximum absolute atomic E-state index is 10.9. The lowest BCUT2D eigenvalue weighted by atomic mass is 9.73. The lowest BCUT2D eigenvalue weighted by Crippen LogP contribution is -2.55. The number of fused-ring (bicyclic) bond motifs is 1. The van der Waals surface area contributed by atoms with Gasteiger partial charge < -0.3 is 16.2 Å². The quantitative estimate of drug-likeness (QED) is 0.561. The maximum Gasteiger partial charge on any atom is 0.307 e. The molecule has 1 saturated carbocycles. The molecule has 1 aliphatic heterocycles. The van der Waals surface area contributed by atoms with E-state index in [0.717, 1.165) is 19.3 Å². The summed E-state index contributed by atoms with van der Waals surface area (Å²) in [5.41, 5.74) is 6.02. The Kier molecular flexibility index (Phi) is 2.74. The van der Waals surface area contributed by atoms with E-state index in [1.807, 2.05) is 0 Å². The van der Waals surface area contributed by atoms with Crippen molar-refractivity contribution in [2.24, 2.45) is 17.6 Å². The van der Waals surface area contributed by atoms with Crippen molar-refractivity contribution in [1.82, 2.24) is 5.32 Å². The number of carboxylic acid groups (broad SMARTS) is 1. The van der Waals surface area contributed by atoms with Crippen LogP contribution < -0.4 is 11.1 Å². The number of piperidine rings is 1. The lowest BCUT2D eigenvalue weighted by Gasteiger charge is -2.42. The first kappa shape index (κ1) is 9.93. The molecule has 0 aromatic carbocycles. The Balaban J connectivity index is 2.01. The summed E-state index contributed by atoms with van der Waals surface area (Å²) < 4.78 is 0. The van der Waals surface area contributed by atoms with Crippen molar-refractivity contribution >= 4 is 5.97 Å². The fourth-order valence-corrected chi connectivity index (χ4v) is 2.79. The third-order valence-electron chi connectivity index (χ3n) is 3.65. The Morgan fingerprint density at radius 3 is 2.93 bits per heavy atom. The zero-order valence-corrected chi connectivity index (χ0v) is 8.28. The van der Waals surface area contributed by atoms with Gasteiger partial charge in [0.15, 0.2) is 0 Å². The van der Waals surface area contributed by atoms with Crippen molar-refractivity contribution < 1.29 is 9.90 Å². The Morgan fingerprint density at radius 1 is 1.43 bits per heavy atom. The number of carbonyl (C=O) groups is 1. The average Bonchev–Trinajstić information content (AvgIpc) is 2.18. The Hall–Kier alpha value is -0.610. The van der Waals surface area contributed by atoms with Crippen molar-refractivity contribution in [2.45, 2.75) is 37.8 Å². The SMILES string of the molecule is NC1CCCC2NCC(C(=O)O)CC12. The molecule has 4 atom stereocenters. The minimum atomic E-state index is -0.686. The summed E-state index contributed by atoms with van der Waals surface area (Å²) in [5.74, 6) is -0.548.